The molecule has 0 saturated heterocycles. The Morgan fingerprint density at radius 1 is 1.05 bits per heavy atom. The molecule has 1 aromatic carbocycles. The SMILES string of the molecule is Cc1nccc(CNC2CCC(c3ccccc3)CC2)n1. The monoisotopic (exact) mass is 281 g/mol. The number of hydrogen-bond donors (Lipinski definition) is 1. The van der Waals surface area contributed by atoms with Crippen LogP contribution in [0.2, 0.25) is 0 Å². The molecule has 1 heterocycles. The molecule has 0 unspecified atom stereocenters. The van der Waals surface area contributed by atoms with Gasteiger partial charge in [-0.15, -0.1) is 0 Å². The van der Waals surface area contributed by atoms with Crippen LogP contribution in [0.4, 0.5) is 0 Å². The van der Waals surface area contributed by atoms with Crippen LogP contribution in [0, 0.1) is 6.92 Å². The van der Waals surface area contributed by atoms with Crippen molar-refractivity contribution in [2.75, 3.05) is 0 Å². The van der Waals surface area contributed by atoms with Crippen molar-refractivity contribution in [1.82, 2.24) is 15.3 Å². The average Bonchev–Trinajstić information content (AvgIpc) is 2.54. The van der Waals surface area contributed by atoms with Gasteiger partial charge in [-0.05, 0) is 50.2 Å². The molecule has 1 aromatic heterocycles. The highest BCUT2D eigenvalue weighted by Gasteiger charge is 2.21. The number of aryl methyl sites for hydroxylation is 1. The quantitative estimate of drug-likeness (QED) is 0.930. The van der Waals surface area contributed by atoms with Gasteiger partial charge in [-0.2, -0.15) is 0 Å². The summed E-state index contributed by atoms with van der Waals surface area (Å²) in [5.74, 6) is 1.59. The molecule has 1 aliphatic rings. The van der Waals surface area contributed by atoms with Crippen molar-refractivity contribution in [1.29, 1.82) is 0 Å². The first-order chi connectivity index (χ1) is 10.3. The maximum absolute atomic E-state index is 4.45. The molecule has 2 aromatic rings. The van der Waals surface area contributed by atoms with Crippen LogP contribution in [0.15, 0.2) is 42.6 Å². The van der Waals surface area contributed by atoms with Gasteiger partial charge in [0.05, 0.1) is 5.69 Å². The fraction of sp³-hybridized carbons (Fsp3) is 0.444. The predicted molar refractivity (Wildman–Crippen MR) is 85.0 cm³/mol. The van der Waals surface area contributed by atoms with Crippen molar-refractivity contribution in [2.24, 2.45) is 0 Å². The van der Waals surface area contributed by atoms with Crippen LogP contribution in [-0.4, -0.2) is 16.0 Å². The molecule has 1 fully saturated rings. The minimum atomic E-state index is 0.625. The second kappa shape index (κ2) is 6.81. The summed E-state index contributed by atoms with van der Waals surface area (Å²) in [6, 6.07) is 13.6. The highest BCUT2D eigenvalue weighted by Crippen LogP contribution is 2.32. The molecule has 0 radical (unpaired) electrons. The topological polar surface area (TPSA) is 37.8 Å². The number of benzene rings is 1. The predicted octanol–water partition coefficient (Wildman–Crippen LogP) is 3.60. The number of rotatable bonds is 4. The molecule has 0 amide bonds. The summed E-state index contributed by atoms with van der Waals surface area (Å²) < 4.78 is 0. The normalized spacial score (nSPS) is 22.1. The van der Waals surface area contributed by atoms with E-state index in [0.717, 1.165) is 24.0 Å². The van der Waals surface area contributed by atoms with Gasteiger partial charge in [-0.3, -0.25) is 0 Å². The van der Waals surface area contributed by atoms with Crippen molar-refractivity contribution in [3.63, 3.8) is 0 Å². The molecule has 1 saturated carbocycles. The summed E-state index contributed by atoms with van der Waals surface area (Å²) >= 11 is 0. The summed E-state index contributed by atoms with van der Waals surface area (Å²) in [7, 11) is 0. The van der Waals surface area contributed by atoms with E-state index in [0.29, 0.717) is 6.04 Å². The summed E-state index contributed by atoms with van der Waals surface area (Å²) in [4.78, 5) is 8.59. The molecular formula is C18H23N3. The van der Waals surface area contributed by atoms with Gasteiger partial charge in [0.1, 0.15) is 5.82 Å². The Labute approximate surface area is 126 Å². The van der Waals surface area contributed by atoms with E-state index in [1.54, 1.807) is 0 Å². The van der Waals surface area contributed by atoms with Crippen LogP contribution < -0.4 is 5.32 Å². The van der Waals surface area contributed by atoms with E-state index < -0.39 is 0 Å². The van der Waals surface area contributed by atoms with Crippen LogP contribution in [0.5, 0.6) is 0 Å². The Bertz CT molecular complexity index is 560. The summed E-state index contributed by atoms with van der Waals surface area (Å²) in [5.41, 5.74) is 2.59. The summed E-state index contributed by atoms with van der Waals surface area (Å²) in [6.07, 6.45) is 6.91. The Hall–Kier alpha value is -1.74. The molecule has 3 heteroatoms. The highest BCUT2D eigenvalue weighted by molar-refractivity contribution is 5.20. The zero-order valence-electron chi connectivity index (χ0n) is 12.6. The van der Waals surface area contributed by atoms with Crippen LogP contribution in [-0.2, 0) is 6.54 Å². The Morgan fingerprint density at radius 3 is 2.52 bits per heavy atom. The molecule has 21 heavy (non-hydrogen) atoms. The van der Waals surface area contributed by atoms with E-state index in [1.165, 1.54) is 31.2 Å². The third kappa shape index (κ3) is 3.88. The van der Waals surface area contributed by atoms with Crippen molar-refractivity contribution in [3.8, 4) is 0 Å². The lowest BCUT2D eigenvalue weighted by molar-refractivity contribution is 0.340. The lowest BCUT2D eigenvalue weighted by atomic mass is 9.82. The van der Waals surface area contributed by atoms with Gasteiger partial charge in [0.15, 0.2) is 0 Å². The Morgan fingerprint density at radius 2 is 1.81 bits per heavy atom. The van der Waals surface area contributed by atoms with Crippen LogP contribution in [0.25, 0.3) is 0 Å². The summed E-state index contributed by atoms with van der Waals surface area (Å²) in [5, 5.41) is 3.65. The minimum Gasteiger partial charge on any atom is -0.308 e. The third-order valence-corrected chi connectivity index (χ3v) is 4.40. The van der Waals surface area contributed by atoms with E-state index in [1.807, 2.05) is 19.2 Å². The van der Waals surface area contributed by atoms with Crippen molar-refractivity contribution in [2.45, 2.75) is 51.1 Å². The number of nitrogens with one attached hydrogen (secondary N) is 1. The van der Waals surface area contributed by atoms with Crippen molar-refractivity contribution >= 4 is 0 Å². The highest BCUT2D eigenvalue weighted by atomic mass is 15.0. The molecule has 0 spiro atoms. The smallest absolute Gasteiger partial charge is 0.125 e. The number of hydrogen-bond acceptors (Lipinski definition) is 3. The van der Waals surface area contributed by atoms with Gasteiger partial charge < -0.3 is 5.32 Å². The maximum Gasteiger partial charge on any atom is 0.125 e. The first-order valence-corrected chi connectivity index (χ1v) is 7.88. The van der Waals surface area contributed by atoms with Crippen LogP contribution >= 0.6 is 0 Å². The second-order valence-corrected chi connectivity index (χ2v) is 5.94. The first-order valence-electron chi connectivity index (χ1n) is 7.88. The van der Waals surface area contributed by atoms with E-state index in [9.17, 15) is 0 Å². The van der Waals surface area contributed by atoms with E-state index in [4.69, 9.17) is 0 Å². The lowest BCUT2D eigenvalue weighted by Gasteiger charge is -2.29. The van der Waals surface area contributed by atoms with E-state index in [2.05, 4.69) is 45.6 Å². The largest absolute Gasteiger partial charge is 0.308 e. The number of aromatic nitrogens is 2. The average molecular weight is 281 g/mol. The van der Waals surface area contributed by atoms with Gasteiger partial charge in [0, 0.05) is 18.8 Å². The van der Waals surface area contributed by atoms with E-state index >= 15 is 0 Å². The van der Waals surface area contributed by atoms with Gasteiger partial charge in [0.2, 0.25) is 0 Å². The van der Waals surface area contributed by atoms with Gasteiger partial charge in [-0.25, -0.2) is 9.97 Å². The van der Waals surface area contributed by atoms with Gasteiger partial charge in [-0.1, -0.05) is 30.3 Å². The molecule has 0 bridgehead atoms. The molecular weight excluding hydrogens is 258 g/mol. The van der Waals surface area contributed by atoms with E-state index in [-0.39, 0.29) is 0 Å². The van der Waals surface area contributed by atoms with Gasteiger partial charge in [0.25, 0.3) is 0 Å². The fourth-order valence-corrected chi connectivity index (χ4v) is 3.21. The molecule has 0 aliphatic heterocycles. The van der Waals surface area contributed by atoms with Gasteiger partial charge >= 0.3 is 0 Å². The Balaban J connectivity index is 1.48. The zero-order valence-corrected chi connectivity index (χ0v) is 12.6. The molecule has 1 N–H and O–H groups in total. The van der Waals surface area contributed by atoms with Crippen LogP contribution in [0.3, 0.4) is 0 Å². The number of nitrogens with zero attached hydrogens (tertiary/aromatic N) is 2. The lowest BCUT2D eigenvalue weighted by Crippen LogP contribution is -2.32. The first kappa shape index (κ1) is 14.2. The van der Waals surface area contributed by atoms with Crippen molar-refractivity contribution < 1.29 is 0 Å². The standard InChI is InChI=1S/C18H23N3/c1-14-19-12-11-18(21-14)13-20-17-9-7-16(8-10-17)15-5-3-2-4-6-15/h2-6,11-12,16-17,20H,7-10,13H2,1H3. The molecule has 0 atom stereocenters. The third-order valence-electron chi connectivity index (χ3n) is 4.40. The molecule has 3 rings (SSSR count). The fourth-order valence-electron chi connectivity index (χ4n) is 3.21. The maximum atomic E-state index is 4.45. The second-order valence-electron chi connectivity index (χ2n) is 5.94. The zero-order chi connectivity index (χ0) is 14.5. The van der Waals surface area contributed by atoms with Crippen LogP contribution in [0.1, 0.15) is 48.7 Å². The molecule has 3 nitrogen and oxygen atoms in total. The summed E-state index contributed by atoms with van der Waals surface area (Å²) in [6.45, 7) is 2.79. The Kier molecular flexibility index (Phi) is 4.61. The molecule has 1 aliphatic carbocycles. The minimum absolute atomic E-state index is 0.625. The molecule has 110 valence electrons. The van der Waals surface area contributed by atoms with Crippen molar-refractivity contribution in [3.05, 3.63) is 59.7 Å².